The van der Waals surface area contributed by atoms with Crippen LogP contribution >= 0.6 is 11.6 Å². The number of H-pyrrole nitrogens is 1. The standard InChI is InChI=1S/C24H25ClFN5O2/c1-33-16-8-5-14(6-9-16)17-10-7-15(13-18(17)22-28-30-31-29-22)27-23(32)24(11-12-24)19-3-2-4-20(25)21(19)26/h2-4,7,10,13-14,16H,5-6,8-9,11-12H2,1H3,(H,27,32)(H,28,29,30,31). The lowest BCUT2D eigenvalue weighted by Crippen LogP contribution is -2.29. The molecule has 172 valence electrons. The number of aromatic amines is 1. The molecular formula is C24H25ClFN5O2. The van der Waals surface area contributed by atoms with E-state index in [9.17, 15) is 9.18 Å². The molecule has 2 aromatic carbocycles. The molecule has 2 aliphatic carbocycles. The number of anilines is 1. The highest BCUT2D eigenvalue weighted by molar-refractivity contribution is 6.30. The van der Waals surface area contributed by atoms with Crippen molar-refractivity contribution in [2.45, 2.75) is 56.0 Å². The second-order valence-corrected chi connectivity index (χ2v) is 9.29. The van der Waals surface area contributed by atoms with Crippen molar-refractivity contribution in [3.05, 3.63) is 58.4 Å². The summed E-state index contributed by atoms with van der Waals surface area (Å²) < 4.78 is 20.2. The van der Waals surface area contributed by atoms with E-state index < -0.39 is 11.2 Å². The molecule has 2 N–H and O–H groups in total. The normalized spacial score (nSPS) is 21.5. The summed E-state index contributed by atoms with van der Waals surface area (Å²) in [6, 6.07) is 10.6. The van der Waals surface area contributed by atoms with Crippen LogP contribution in [0.2, 0.25) is 5.02 Å². The van der Waals surface area contributed by atoms with Gasteiger partial charge in [-0.1, -0.05) is 29.8 Å². The molecule has 1 heterocycles. The van der Waals surface area contributed by atoms with Crippen LogP contribution in [0.15, 0.2) is 36.4 Å². The van der Waals surface area contributed by atoms with Gasteiger partial charge in [0, 0.05) is 23.9 Å². The number of benzene rings is 2. The zero-order valence-electron chi connectivity index (χ0n) is 18.3. The van der Waals surface area contributed by atoms with Gasteiger partial charge in [-0.2, -0.15) is 5.21 Å². The molecule has 2 saturated carbocycles. The molecule has 5 rings (SSSR count). The second-order valence-electron chi connectivity index (χ2n) is 8.88. The number of hydrogen-bond acceptors (Lipinski definition) is 5. The smallest absolute Gasteiger partial charge is 0.235 e. The van der Waals surface area contributed by atoms with Gasteiger partial charge >= 0.3 is 0 Å². The molecule has 9 heteroatoms. The molecule has 0 aliphatic heterocycles. The minimum Gasteiger partial charge on any atom is -0.381 e. The number of nitrogens with zero attached hydrogens (tertiary/aromatic N) is 3. The van der Waals surface area contributed by atoms with E-state index in [1.165, 1.54) is 6.07 Å². The highest BCUT2D eigenvalue weighted by Crippen LogP contribution is 2.50. The number of rotatable bonds is 6. The van der Waals surface area contributed by atoms with Crippen LogP contribution in [0.1, 0.15) is 55.6 Å². The van der Waals surface area contributed by atoms with Crippen LogP contribution in [0.25, 0.3) is 11.4 Å². The Balaban J connectivity index is 1.42. The van der Waals surface area contributed by atoms with Crippen molar-refractivity contribution in [3.63, 3.8) is 0 Å². The van der Waals surface area contributed by atoms with E-state index in [0.717, 1.165) is 36.8 Å². The number of ether oxygens (including phenoxy) is 1. The summed E-state index contributed by atoms with van der Waals surface area (Å²) in [6.45, 7) is 0. The lowest BCUT2D eigenvalue weighted by molar-refractivity contribution is -0.118. The summed E-state index contributed by atoms with van der Waals surface area (Å²) in [6.07, 6.45) is 5.47. The number of halogens is 2. The molecule has 0 saturated heterocycles. The molecule has 33 heavy (non-hydrogen) atoms. The Morgan fingerprint density at radius 1 is 1.21 bits per heavy atom. The number of amides is 1. The van der Waals surface area contributed by atoms with Gasteiger partial charge < -0.3 is 10.1 Å². The van der Waals surface area contributed by atoms with Crippen LogP contribution < -0.4 is 5.32 Å². The molecule has 0 bridgehead atoms. The predicted molar refractivity (Wildman–Crippen MR) is 123 cm³/mol. The first kappa shape index (κ1) is 22.0. The number of hydrogen-bond donors (Lipinski definition) is 2. The fourth-order valence-corrected chi connectivity index (χ4v) is 5.11. The van der Waals surface area contributed by atoms with Crippen molar-refractivity contribution in [1.29, 1.82) is 0 Å². The Bertz CT molecular complexity index is 1160. The van der Waals surface area contributed by atoms with Gasteiger partial charge in [0.25, 0.3) is 0 Å². The van der Waals surface area contributed by atoms with Crippen molar-refractivity contribution in [1.82, 2.24) is 20.6 Å². The maximum atomic E-state index is 14.7. The van der Waals surface area contributed by atoms with Crippen LogP contribution in [-0.2, 0) is 14.9 Å². The first-order valence-corrected chi connectivity index (χ1v) is 11.6. The summed E-state index contributed by atoms with van der Waals surface area (Å²) in [5.74, 6) is 0.0689. The molecule has 7 nitrogen and oxygen atoms in total. The molecule has 0 radical (unpaired) electrons. The monoisotopic (exact) mass is 469 g/mol. The van der Waals surface area contributed by atoms with Crippen molar-refractivity contribution in [3.8, 4) is 11.4 Å². The van der Waals surface area contributed by atoms with Crippen LogP contribution in [0.5, 0.6) is 0 Å². The van der Waals surface area contributed by atoms with Gasteiger partial charge in [0.2, 0.25) is 11.7 Å². The summed E-state index contributed by atoms with van der Waals surface area (Å²) >= 11 is 5.96. The maximum Gasteiger partial charge on any atom is 0.235 e. The minimum atomic E-state index is -0.890. The summed E-state index contributed by atoms with van der Waals surface area (Å²) in [5.41, 5.74) is 2.03. The molecule has 2 aliphatic rings. The Kier molecular flexibility index (Phi) is 5.88. The summed E-state index contributed by atoms with van der Waals surface area (Å²) in [5, 5.41) is 17.6. The molecule has 0 spiro atoms. The van der Waals surface area contributed by atoms with Crippen molar-refractivity contribution in [2.75, 3.05) is 12.4 Å². The topological polar surface area (TPSA) is 92.8 Å². The largest absolute Gasteiger partial charge is 0.381 e. The number of carbonyl (C=O) groups is 1. The molecule has 0 unspecified atom stereocenters. The fourth-order valence-electron chi connectivity index (χ4n) is 4.94. The predicted octanol–water partition coefficient (Wildman–Crippen LogP) is 5.00. The Labute approximate surface area is 196 Å². The van der Waals surface area contributed by atoms with Crippen LogP contribution in [0.4, 0.5) is 10.1 Å². The van der Waals surface area contributed by atoms with E-state index >= 15 is 0 Å². The fraction of sp³-hybridized carbons (Fsp3) is 0.417. The van der Waals surface area contributed by atoms with Gasteiger partial charge in [0.15, 0.2) is 0 Å². The molecular weight excluding hydrogens is 445 g/mol. The van der Waals surface area contributed by atoms with Crippen LogP contribution in [0.3, 0.4) is 0 Å². The van der Waals surface area contributed by atoms with E-state index in [-0.39, 0.29) is 10.9 Å². The highest BCUT2D eigenvalue weighted by atomic mass is 35.5. The Morgan fingerprint density at radius 3 is 2.67 bits per heavy atom. The van der Waals surface area contributed by atoms with Crippen molar-refractivity contribution in [2.24, 2.45) is 0 Å². The Morgan fingerprint density at radius 2 is 2.00 bits per heavy atom. The zero-order chi connectivity index (χ0) is 23.0. The summed E-state index contributed by atoms with van der Waals surface area (Å²) in [7, 11) is 1.76. The van der Waals surface area contributed by atoms with Gasteiger partial charge in [-0.15, -0.1) is 10.2 Å². The third-order valence-electron chi connectivity index (χ3n) is 7.00. The van der Waals surface area contributed by atoms with Gasteiger partial charge in [-0.3, -0.25) is 4.79 Å². The average Bonchev–Trinajstić information content (AvgIpc) is 3.46. The van der Waals surface area contributed by atoms with E-state index in [1.54, 1.807) is 19.2 Å². The quantitative estimate of drug-likeness (QED) is 0.529. The highest BCUT2D eigenvalue weighted by Gasteiger charge is 2.53. The third-order valence-corrected chi connectivity index (χ3v) is 7.29. The minimum absolute atomic E-state index is 0.0264. The molecule has 0 atom stereocenters. The van der Waals surface area contributed by atoms with E-state index in [1.807, 2.05) is 18.2 Å². The number of methoxy groups -OCH3 is 1. The Hall–Kier alpha value is -2.84. The maximum absolute atomic E-state index is 14.7. The number of carbonyl (C=O) groups excluding carboxylic acids is 1. The third kappa shape index (κ3) is 4.13. The van der Waals surface area contributed by atoms with Crippen molar-refractivity contribution < 1.29 is 13.9 Å². The first-order valence-electron chi connectivity index (χ1n) is 11.2. The van der Waals surface area contributed by atoms with E-state index in [0.29, 0.717) is 41.9 Å². The van der Waals surface area contributed by atoms with Gasteiger partial charge in [-0.05, 0) is 73.4 Å². The first-order chi connectivity index (χ1) is 16.0. The van der Waals surface area contributed by atoms with Crippen LogP contribution in [-0.4, -0.2) is 39.7 Å². The second kappa shape index (κ2) is 8.83. The van der Waals surface area contributed by atoms with Gasteiger partial charge in [-0.25, -0.2) is 4.39 Å². The number of tetrazole rings is 1. The zero-order valence-corrected chi connectivity index (χ0v) is 19.0. The SMILES string of the molecule is COC1CCC(c2ccc(NC(=O)C3(c4cccc(Cl)c4F)CC3)cc2-c2nn[nH]n2)CC1. The van der Waals surface area contributed by atoms with E-state index in [4.69, 9.17) is 16.3 Å². The van der Waals surface area contributed by atoms with Crippen molar-refractivity contribution >= 4 is 23.2 Å². The van der Waals surface area contributed by atoms with Crippen LogP contribution in [0, 0.1) is 5.82 Å². The molecule has 2 fully saturated rings. The molecule has 1 aromatic heterocycles. The van der Waals surface area contributed by atoms with Gasteiger partial charge in [0.05, 0.1) is 16.5 Å². The summed E-state index contributed by atoms with van der Waals surface area (Å²) in [4.78, 5) is 13.2. The lowest BCUT2D eigenvalue weighted by Gasteiger charge is -2.29. The van der Waals surface area contributed by atoms with Gasteiger partial charge in [0.1, 0.15) is 5.82 Å². The molecule has 1 amide bonds. The molecule has 3 aromatic rings. The number of nitrogens with one attached hydrogen (secondary N) is 2. The number of aromatic nitrogens is 4. The average molecular weight is 470 g/mol. The lowest BCUT2D eigenvalue weighted by atomic mass is 9.80. The van der Waals surface area contributed by atoms with E-state index in [2.05, 4.69) is 25.9 Å².